The number of methoxy groups -OCH3 is 1. The van der Waals surface area contributed by atoms with Gasteiger partial charge in [-0.25, -0.2) is 9.59 Å². The normalized spacial score (nSPS) is 12.9. The number of ether oxygens (including phenoxy) is 1. The number of carbonyl (C=O) groups excluding carboxylic acids is 1. The van der Waals surface area contributed by atoms with E-state index in [4.69, 9.17) is 4.74 Å². The summed E-state index contributed by atoms with van der Waals surface area (Å²) < 4.78 is 6.70. The summed E-state index contributed by atoms with van der Waals surface area (Å²) in [5.74, 6) is -1.08. The van der Waals surface area contributed by atoms with Gasteiger partial charge in [0.15, 0.2) is 6.04 Å². The minimum atomic E-state index is -0.930. The highest BCUT2D eigenvalue weighted by Gasteiger charge is 2.23. The third-order valence-electron chi connectivity index (χ3n) is 4.91. The Morgan fingerprint density at radius 1 is 1.24 bits per heavy atom. The van der Waals surface area contributed by atoms with Crippen molar-refractivity contribution < 1.29 is 14.6 Å². The van der Waals surface area contributed by atoms with Gasteiger partial charge in [0.1, 0.15) is 5.56 Å². The minimum absolute atomic E-state index is 0.133. The second-order valence-electron chi connectivity index (χ2n) is 6.72. The average molecular weight is 398 g/mol. The zero-order chi connectivity index (χ0) is 21.3. The molecule has 0 fully saturated rings. The predicted molar refractivity (Wildman–Crippen MR) is 109 cm³/mol. The zero-order valence-electron chi connectivity index (χ0n) is 16.6. The Hall–Kier alpha value is -3.62. The molecule has 3 aromatic rings. The van der Waals surface area contributed by atoms with Gasteiger partial charge < -0.3 is 14.8 Å². The number of para-hydroxylation sites is 1. The smallest absolute Gasteiger partial charge is 0.333 e. The van der Waals surface area contributed by atoms with Crippen LogP contribution >= 0.6 is 0 Å². The lowest BCUT2D eigenvalue weighted by Crippen LogP contribution is -2.40. The van der Waals surface area contributed by atoms with Crippen molar-refractivity contribution in [2.45, 2.75) is 19.4 Å². The summed E-state index contributed by atoms with van der Waals surface area (Å²) in [6.45, 7) is 1.51. The molecule has 0 aliphatic rings. The molecule has 9 nitrogen and oxygen atoms in total. The standard InChI is InChI=1S/C20H22N4O5/c1-11(16-17(25)23(2)20(28)24(3)18(16)26)22-15(19(27)29-4)9-12-10-21-14-8-6-5-7-13(12)14/h5-8,10,15,21,25H,9H2,1-4H3/t15-/m0/s1. The molecule has 0 amide bonds. The van der Waals surface area contributed by atoms with Crippen LogP contribution in [0.3, 0.4) is 0 Å². The highest BCUT2D eigenvalue weighted by Crippen LogP contribution is 2.21. The van der Waals surface area contributed by atoms with Crippen LogP contribution in [-0.2, 0) is 30.0 Å². The van der Waals surface area contributed by atoms with Gasteiger partial charge in [-0.2, -0.15) is 0 Å². The van der Waals surface area contributed by atoms with Gasteiger partial charge in [0.2, 0.25) is 5.88 Å². The quantitative estimate of drug-likeness (QED) is 0.488. The molecule has 0 unspecified atom stereocenters. The van der Waals surface area contributed by atoms with Crippen LogP contribution in [0, 0.1) is 0 Å². The highest BCUT2D eigenvalue weighted by molar-refractivity contribution is 6.01. The molecule has 0 saturated heterocycles. The van der Waals surface area contributed by atoms with Gasteiger partial charge in [-0.15, -0.1) is 0 Å². The maximum Gasteiger partial charge on any atom is 0.333 e. The second-order valence-corrected chi connectivity index (χ2v) is 6.72. The zero-order valence-corrected chi connectivity index (χ0v) is 16.6. The molecular weight excluding hydrogens is 376 g/mol. The Kier molecular flexibility index (Phi) is 5.40. The van der Waals surface area contributed by atoms with Crippen LogP contribution in [0.15, 0.2) is 45.0 Å². The maximum absolute atomic E-state index is 12.5. The molecule has 2 aromatic heterocycles. The van der Waals surface area contributed by atoms with Gasteiger partial charge in [0, 0.05) is 37.6 Å². The first-order valence-electron chi connectivity index (χ1n) is 8.92. The summed E-state index contributed by atoms with van der Waals surface area (Å²) in [5, 5.41) is 11.3. The first kappa shape index (κ1) is 20.1. The van der Waals surface area contributed by atoms with Crippen molar-refractivity contribution in [1.29, 1.82) is 0 Å². The van der Waals surface area contributed by atoms with Gasteiger partial charge in [-0.3, -0.25) is 18.9 Å². The molecule has 1 aromatic carbocycles. The summed E-state index contributed by atoms with van der Waals surface area (Å²) in [5.41, 5.74) is 0.438. The number of hydrogen-bond donors (Lipinski definition) is 2. The van der Waals surface area contributed by atoms with E-state index in [9.17, 15) is 19.5 Å². The van der Waals surface area contributed by atoms with Gasteiger partial charge in [-0.05, 0) is 18.6 Å². The molecular formula is C20H22N4O5. The Morgan fingerprint density at radius 2 is 1.93 bits per heavy atom. The van der Waals surface area contributed by atoms with Crippen molar-refractivity contribution in [2.75, 3.05) is 7.11 Å². The minimum Gasteiger partial charge on any atom is -0.494 e. The molecule has 0 spiro atoms. The highest BCUT2D eigenvalue weighted by atomic mass is 16.5. The number of nitrogens with one attached hydrogen (secondary N) is 1. The molecule has 2 N–H and O–H groups in total. The number of aliphatic imine (C=N–C) groups is 1. The number of aromatic amines is 1. The van der Waals surface area contributed by atoms with Crippen molar-refractivity contribution in [2.24, 2.45) is 19.1 Å². The molecule has 0 aliphatic heterocycles. The number of rotatable bonds is 5. The van der Waals surface area contributed by atoms with Gasteiger partial charge >= 0.3 is 11.7 Å². The number of nitrogens with zero attached hydrogens (tertiary/aromatic N) is 3. The summed E-state index contributed by atoms with van der Waals surface area (Å²) in [7, 11) is 3.92. The van der Waals surface area contributed by atoms with Crippen LogP contribution in [0.2, 0.25) is 0 Å². The summed E-state index contributed by atoms with van der Waals surface area (Å²) >= 11 is 0. The molecule has 0 radical (unpaired) electrons. The van der Waals surface area contributed by atoms with Crippen LogP contribution < -0.4 is 11.2 Å². The van der Waals surface area contributed by atoms with Gasteiger partial charge in [0.05, 0.1) is 12.8 Å². The topological polar surface area (TPSA) is 119 Å². The largest absolute Gasteiger partial charge is 0.494 e. The molecule has 0 saturated carbocycles. The van der Waals surface area contributed by atoms with E-state index in [1.165, 1.54) is 28.1 Å². The van der Waals surface area contributed by atoms with Crippen molar-refractivity contribution in [3.05, 3.63) is 62.4 Å². The van der Waals surface area contributed by atoms with E-state index in [0.29, 0.717) is 0 Å². The lowest BCUT2D eigenvalue weighted by molar-refractivity contribution is -0.142. The van der Waals surface area contributed by atoms with Crippen molar-refractivity contribution in [1.82, 2.24) is 14.1 Å². The molecule has 3 rings (SSSR count). The van der Waals surface area contributed by atoms with E-state index in [0.717, 1.165) is 25.6 Å². The number of esters is 1. The lowest BCUT2D eigenvalue weighted by atomic mass is 10.0. The Morgan fingerprint density at radius 3 is 2.62 bits per heavy atom. The first-order valence-corrected chi connectivity index (χ1v) is 8.92. The van der Waals surface area contributed by atoms with Gasteiger partial charge in [0.25, 0.3) is 5.56 Å². The number of carbonyl (C=O) groups is 1. The van der Waals surface area contributed by atoms with E-state index < -0.39 is 29.1 Å². The fourth-order valence-corrected chi connectivity index (χ4v) is 3.27. The third-order valence-corrected chi connectivity index (χ3v) is 4.91. The molecule has 9 heteroatoms. The average Bonchev–Trinajstić information content (AvgIpc) is 3.12. The van der Waals surface area contributed by atoms with Crippen LogP contribution in [0.1, 0.15) is 18.1 Å². The van der Waals surface area contributed by atoms with E-state index in [-0.39, 0.29) is 17.7 Å². The molecule has 152 valence electrons. The van der Waals surface area contributed by atoms with E-state index >= 15 is 0 Å². The van der Waals surface area contributed by atoms with Crippen molar-refractivity contribution in [3.63, 3.8) is 0 Å². The van der Waals surface area contributed by atoms with E-state index in [2.05, 4.69) is 9.98 Å². The Balaban J connectivity index is 2.07. The lowest BCUT2D eigenvalue weighted by Gasteiger charge is -2.14. The predicted octanol–water partition coefficient (Wildman–Crippen LogP) is 0.864. The van der Waals surface area contributed by atoms with Gasteiger partial charge in [-0.1, -0.05) is 18.2 Å². The number of fused-ring (bicyclic) bond motifs is 1. The molecule has 0 bridgehead atoms. The number of benzene rings is 1. The first-order chi connectivity index (χ1) is 13.8. The van der Waals surface area contributed by atoms with Crippen molar-refractivity contribution >= 4 is 22.6 Å². The van der Waals surface area contributed by atoms with Crippen LogP contribution in [0.4, 0.5) is 0 Å². The number of hydrogen-bond acceptors (Lipinski definition) is 6. The van der Waals surface area contributed by atoms with Crippen LogP contribution in [-0.4, -0.2) is 44.1 Å². The number of aromatic hydroxyl groups is 1. The molecule has 29 heavy (non-hydrogen) atoms. The summed E-state index contributed by atoms with van der Waals surface area (Å²) in [6.07, 6.45) is 2.04. The number of aromatic nitrogens is 3. The molecule has 2 heterocycles. The van der Waals surface area contributed by atoms with Crippen molar-refractivity contribution in [3.8, 4) is 5.88 Å². The fraction of sp³-hybridized carbons (Fsp3) is 0.300. The molecule has 1 atom stereocenters. The number of H-pyrrole nitrogens is 1. The molecule has 0 aliphatic carbocycles. The second kappa shape index (κ2) is 7.78. The van der Waals surface area contributed by atoms with Crippen LogP contribution in [0.5, 0.6) is 5.88 Å². The summed E-state index contributed by atoms with van der Waals surface area (Å²) in [4.78, 5) is 44.3. The van der Waals surface area contributed by atoms with E-state index in [1.807, 2.05) is 24.3 Å². The monoisotopic (exact) mass is 398 g/mol. The SMILES string of the molecule is COC(=O)[C@H](Cc1c[nH]c2ccccc12)N=C(C)c1c(O)n(C)c(=O)n(C)c1=O. The van der Waals surface area contributed by atoms with Crippen LogP contribution in [0.25, 0.3) is 10.9 Å². The Bertz CT molecular complexity index is 1230. The van der Waals surface area contributed by atoms with E-state index in [1.54, 1.807) is 6.20 Å². The third kappa shape index (κ3) is 3.58. The Labute approximate surface area is 165 Å². The maximum atomic E-state index is 12.5. The summed E-state index contributed by atoms with van der Waals surface area (Å²) in [6, 6.07) is 6.72. The fourth-order valence-electron chi connectivity index (χ4n) is 3.27.